The van der Waals surface area contributed by atoms with E-state index in [1.54, 1.807) is 31.5 Å². The number of benzene rings is 3. The quantitative estimate of drug-likeness (QED) is 0.183. The lowest BCUT2D eigenvalue weighted by molar-refractivity contribution is 0.145. The van der Waals surface area contributed by atoms with Crippen molar-refractivity contribution < 1.29 is 18.6 Å². The van der Waals surface area contributed by atoms with Gasteiger partial charge in [0.15, 0.2) is 23.1 Å². The molecule has 10 heteroatoms. The Labute approximate surface area is 261 Å². The third kappa shape index (κ3) is 7.13. The van der Waals surface area contributed by atoms with Gasteiger partial charge in [0, 0.05) is 56.6 Å². The van der Waals surface area contributed by atoms with Crippen molar-refractivity contribution in [3.05, 3.63) is 107 Å². The number of fused-ring (bicyclic) bond motifs is 1. The van der Waals surface area contributed by atoms with Crippen LogP contribution in [0.2, 0.25) is 0 Å². The molecule has 0 atom stereocenters. The zero-order valence-corrected chi connectivity index (χ0v) is 25.5. The minimum atomic E-state index is -0.609. The first kappa shape index (κ1) is 30.2. The van der Waals surface area contributed by atoms with E-state index in [-0.39, 0.29) is 11.3 Å². The van der Waals surface area contributed by atoms with E-state index >= 15 is 4.39 Å². The summed E-state index contributed by atoms with van der Waals surface area (Å²) >= 11 is 0. The molecule has 45 heavy (non-hydrogen) atoms. The van der Waals surface area contributed by atoms with Crippen LogP contribution in [-0.4, -0.2) is 77.8 Å². The largest absolute Gasteiger partial charge is 0.493 e. The van der Waals surface area contributed by atoms with Crippen molar-refractivity contribution in [1.82, 2.24) is 24.3 Å². The molecule has 2 aromatic heterocycles. The van der Waals surface area contributed by atoms with E-state index in [4.69, 9.17) is 14.2 Å². The van der Waals surface area contributed by atoms with Crippen LogP contribution < -0.4 is 19.8 Å². The van der Waals surface area contributed by atoms with Crippen molar-refractivity contribution in [1.29, 1.82) is 0 Å². The molecule has 0 spiro atoms. The van der Waals surface area contributed by atoms with Crippen molar-refractivity contribution in [2.24, 2.45) is 0 Å². The minimum absolute atomic E-state index is 0.0166. The highest BCUT2D eigenvalue weighted by Crippen LogP contribution is 2.38. The molecule has 0 N–H and O–H groups in total. The summed E-state index contributed by atoms with van der Waals surface area (Å²) in [4.78, 5) is 26.7. The van der Waals surface area contributed by atoms with Gasteiger partial charge in [-0.1, -0.05) is 36.4 Å². The van der Waals surface area contributed by atoms with Gasteiger partial charge in [0.05, 0.1) is 37.7 Å². The fraction of sp³-hybridized carbons (Fsp3) is 0.286. The SMILES string of the molecule is COc1cc2c(Oc3ccc(-c4cncn(Cc5ccccc5)c4=O)cc3F)ccnc2cc1OCCCN1CCN(C)CC1. The van der Waals surface area contributed by atoms with Gasteiger partial charge in [0.2, 0.25) is 0 Å². The summed E-state index contributed by atoms with van der Waals surface area (Å²) in [5.41, 5.74) is 2.05. The van der Waals surface area contributed by atoms with Crippen LogP contribution >= 0.6 is 0 Å². The number of hydrogen-bond donors (Lipinski definition) is 0. The lowest BCUT2D eigenvalue weighted by Gasteiger charge is -2.32. The normalized spacial score (nSPS) is 14.0. The van der Waals surface area contributed by atoms with Gasteiger partial charge in [-0.15, -0.1) is 0 Å². The number of ether oxygens (including phenoxy) is 3. The maximum Gasteiger partial charge on any atom is 0.261 e. The first-order chi connectivity index (χ1) is 22.0. The summed E-state index contributed by atoms with van der Waals surface area (Å²) in [5.74, 6) is 0.959. The molecular weight excluding hydrogens is 573 g/mol. The molecule has 0 amide bonds. The molecule has 5 aromatic rings. The van der Waals surface area contributed by atoms with Crippen LogP contribution in [0.3, 0.4) is 0 Å². The highest BCUT2D eigenvalue weighted by Gasteiger charge is 2.17. The molecule has 0 saturated carbocycles. The summed E-state index contributed by atoms with van der Waals surface area (Å²) < 4.78 is 34.7. The number of aromatic nitrogens is 3. The molecule has 3 heterocycles. The highest BCUT2D eigenvalue weighted by atomic mass is 19.1. The number of rotatable bonds is 11. The maximum absolute atomic E-state index is 15.4. The predicted molar refractivity (Wildman–Crippen MR) is 172 cm³/mol. The Morgan fingerprint density at radius 3 is 2.51 bits per heavy atom. The molecule has 0 bridgehead atoms. The molecule has 1 saturated heterocycles. The van der Waals surface area contributed by atoms with E-state index in [1.165, 1.54) is 29.2 Å². The molecule has 1 aliphatic rings. The average molecular weight is 610 g/mol. The van der Waals surface area contributed by atoms with E-state index in [0.717, 1.165) is 44.7 Å². The number of halogens is 1. The summed E-state index contributed by atoms with van der Waals surface area (Å²) in [6.45, 7) is 6.22. The maximum atomic E-state index is 15.4. The Kier molecular flexibility index (Phi) is 9.33. The third-order valence-corrected chi connectivity index (χ3v) is 8.02. The smallest absolute Gasteiger partial charge is 0.261 e. The van der Waals surface area contributed by atoms with Gasteiger partial charge >= 0.3 is 0 Å². The molecule has 0 radical (unpaired) electrons. The zero-order valence-electron chi connectivity index (χ0n) is 25.5. The molecule has 0 aliphatic carbocycles. The molecule has 232 valence electrons. The molecule has 1 aliphatic heterocycles. The summed E-state index contributed by atoms with van der Waals surface area (Å²) in [6.07, 6.45) is 5.45. The summed E-state index contributed by atoms with van der Waals surface area (Å²) in [5, 5.41) is 0.652. The Morgan fingerprint density at radius 2 is 1.73 bits per heavy atom. The second kappa shape index (κ2) is 13.9. The second-order valence-electron chi connectivity index (χ2n) is 11.1. The number of piperazine rings is 1. The van der Waals surface area contributed by atoms with Crippen molar-refractivity contribution in [3.63, 3.8) is 0 Å². The monoisotopic (exact) mass is 609 g/mol. The van der Waals surface area contributed by atoms with E-state index in [0.29, 0.717) is 52.4 Å². The van der Waals surface area contributed by atoms with Crippen LogP contribution in [-0.2, 0) is 6.54 Å². The van der Waals surface area contributed by atoms with Crippen LogP contribution in [0.4, 0.5) is 4.39 Å². The Hall–Kier alpha value is -4.80. The highest BCUT2D eigenvalue weighted by molar-refractivity contribution is 5.88. The van der Waals surface area contributed by atoms with Crippen LogP contribution in [0.15, 0.2) is 90.2 Å². The molecule has 3 aromatic carbocycles. The van der Waals surface area contributed by atoms with Crippen LogP contribution in [0.5, 0.6) is 23.0 Å². The van der Waals surface area contributed by atoms with Crippen LogP contribution in [0.1, 0.15) is 12.0 Å². The Bertz CT molecular complexity index is 1820. The average Bonchev–Trinajstić information content (AvgIpc) is 3.06. The number of methoxy groups -OCH3 is 1. The van der Waals surface area contributed by atoms with Gasteiger partial charge in [0.25, 0.3) is 5.56 Å². The van der Waals surface area contributed by atoms with Crippen molar-refractivity contribution in [3.8, 4) is 34.1 Å². The molecule has 6 rings (SSSR count). The van der Waals surface area contributed by atoms with Gasteiger partial charge in [-0.05, 0) is 48.9 Å². The van der Waals surface area contributed by atoms with Gasteiger partial charge in [-0.25, -0.2) is 9.37 Å². The van der Waals surface area contributed by atoms with E-state index in [2.05, 4.69) is 26.8 Å². The van der Waals surface area contributed by atoms with E-state index < -0.39 is 5.82 Å². The van der Waals surface area contributed by atoms with Crippen molar-refractivity contribution in [2.75, 3.05) is 53.5 Å². The first-order valence-electron chi connectivity index (χ1n) is 15.0. The van der Waals surface area contributed by atoms with Gasteiger partial charge in [0.1, 0.15) is 5.75 Å². The number of likely N-dealkylation sites (N-methyl/N-ethyl adjacent to an activating group) is 1. The lowest BCUT2D eigenvalue weighted by Crippen LogP contribution is -2.44. The van der Waals surface area contributed by atoms with Crippen LogP contribution in [0, 0.1) is 5.82 Å². The van der Waals surface area contributed by atoms with Gasteiger partial charge < -0.3 is 24.0 Å². The zero-order chi connectivity index (χ0) is 31.2. The minimum Gasteiger partial charge on any atom is -0.493 e. The topological polar surface area (TPSA) is 82.0 Å². The Morgan fingerprint density at radius 1 is 0.911 bits per heavy atom. The number of pyridine rings is 1. The standard InChI is InChI=1S/C35H36FN5O4/c1-39-14-16-40(17-15-39)13-6-18-44-34-21-30-27(20-33(34)43-2)31(11-12-38-30)45-32-10-9-26(19-29(32)36)28-22-37-24-41(35(28)42)23-25-7-4-3-5-8-25/h3-5,7-12,19-22,24H,6,13-18,23H2,1-2H3. The van der Waals surface area contributed by atoms with E-state index in [1.807, 2.05) is 36.4 Å². The van der Waals surface area contributed by atoms with E-state index in [9.17, 15) is 4.79 Å². The molecular formula is C35H36FN5O4. The lowest BCUT2D eigenvalue weighted by atomic mass is 10.1. The van der Waals surface area contributed by atoms with Crippen molar-refractivity contribution in [2.45, 2.75) is 13.0 Å². The summed E-state index contributed by atoms with van der Waals surface area (Å²) in [6, 6.07) is 19.4. The second-order valence-corrected chi connectivity index (χ2v) is 11.1. The third-order valence-electron chi connectivity index (χ3n) is 8.02. The predicted octanol–water partition coefficient (Wildman–Crippen LogP) is 5.46. The summed E-state index contributed by atoms with van der Waals surface area (Å²) in [7, 11) is 3.73. The Balaban J connectivity index is 1.17. The van der Waals surface area contributed by atoms with Crippen molar-refractivity contribution >= 4 is 10.9 Å². The number of hydrogen-bond acceptors (Lipinski definition) is 8. The fourth-order valence-corrected chi connectivity index (χ4v) is 5.44. The first-order valence-corrected chi connectivity index (χ1v) is 15.0. The molecule has 1 fully saturated rings. The van der Waals surface area contributed by atoms with Crippen LogP contribution in [0.25, 0.3) is 22.0 Å². The molecule has 9 nitrogen and oxygen atoms in total. The molecule has 0 unspecified atom stereocenters. The fourth-order valence-electron chi connectivity index (χ4n) is 5.44. The number of nitrogens with zero attached hydrogens (tertiary/aromatic N) is 5. The van der Waals surface area contributed by atoms with Gasteiger partial charge in [-0.3, -0.25) is 14.3 Å². The van der Waals surface area contributed by atoms with Gasteiger partial charge in [-0.2, -0.15) is 0 Å².